The van der Waals surface area contributed by atoms with Gasteiger partial charge < -0.3 is 15.0 Å². The highest BCUT2D eigenvalue weighted by Gasteiger charge is 2.18. The normalized spacial score (nSPS) is 18.3. The summed E-state index contributed by atoms with van der Waals surface area (Å²) in [6.07, 6.45) is 0. The second-order valence-electron chi connectivity index (χ2n) is 4.74. The van der Waals surface area contributed by atoms with Gasteiger partial charge in [0.2, 0.25) is 0 Å². The predicted octanol–water partition coefficient (Wildman–Crippen LogP) is -0.221. The van der Waals surface area contributed by atoms with Gasteiger partial charge in [-0.2, -0.15) is 0 Å². The standard InChI is InChI=1S/C14H20N2O2/c1-12(13-5-3-2-4-6-13)15-14(17)11-16-7-9-18-10-8-16/h2-6,12H,7-11H2,1H3,(H,15,17)/p+1/t12-/m0/s1. The van der Waals surface area contributed by atoms with E-state index < -0.39 is 0 Å². The van der Waals surface area contributed by atoms with Crippen molar-refractivity contribution in [2.24, 2.45) is 0 Å². The molecule has 0 aliphatic carbocycles. The van der Waals surface area contributed by atoms with Crippen molar-refractivity contribution >= 4 is 5.91 Å². The molecule has 1 aliphatic heterocycles. The number of benzene rings is 1. The van der Waals surface area contributed by atoms with Gasteiger partial charge >= 0.3 is 0 Å². The van der Waals surface area contributed by atoms with E-state index in [-0.39, 0.29) is 11.9 Å². The van der Waals surface area contributed by atoms with E-state index in [9.17, 15) is 4.79 Å². The maximum Gasteiger partial charge on any atom is 0.275 e. The van der Waals surface area contributed by atoms with Crippen molar-refractivity contribution in [2.45, 2.75) is 13.0 Å². The Morgan fingerprint density at radius 2 is 2.00 bits per heavy atom. The smallest absolute Gasteiger partial charge is 0.275 e. The van der Waals surface area contributed by atoms with Gasteiger partial charge in [-0.3, -0.25) is 4.79 Å². The predicted molar refractivity (Wildman–Crippen MR) is 69.4 cm³/mol. The van der Waals surface area contributed by atoms with Crippen molar-refractivity contribution in [2.75, 3.05) is 32.8 Å². The van der Waals surface area contributed by atoms with Crippen LogP contribution in [0.4, 0.5) is 0 Å². The maximum atomic E-state index is 11.9. The van der Waals surface area contributed by atoms with Crippen LogP contribution in [0.25, 0.3) is 0 Å². The number of amides is 1. The van der Waals surface area contributed by atoms with Crippen LogP contribution in [0.5, 0.6) is 0 Å². The first-order valence-electron chi connectivity index (χ1n) is 6.51. The summed E-state index contributed by atoms with van der Waals surface area (Å²) in [5.41, 5.74) is 1.14. The van der Waals surface area contributed by atoms with Crippen molar-refractivity contribution in [3.8, 4) is 0 Å². The minimum absolute atomic E-state index is 0.0686. The quantitative estimate of drug-likeness (QED) is 0.775. The lowest BCUT2D eigenvalue weighted by atomic mass is 10.1. The SMILES string of the molecule is C[C@H](NC(=O)C[NH+]1CCOCC1)c1ccccc1. The van der Waals surface area contributed by atoms with Crippen LogP contribution < -0.4 is 10.2 Å². The van der Waals surface area contributed by atoms with Crippen molar-refractivity contribution in [1.29, 1.82) is 0 Å². The van der Waals surface area contributed by atoms with E-state index in [1.165, 1.54) is 4.90 Å². The molecule has 0 radical (unpaired) electrons. The van der Waals surface area contributed by atoms with Gasteiger partial charge in [-0.1, -0.05) is 30.3 Å². The molecule has 0 unspecified atom stereocenters. The van der Waals surface area contributed by atoms with Crippen molar-refractivity contribution in [3.63, 3.8) is 0 Å². The Balaban J connectivity index is 1.80. The number of carbonyl (C=O) groups excluding carboxylic acids is 1. The van der Waals surface area contributed by atoms with Gasteiger partial charge in [-0.15, -0.1) is 0 Å². The number of morpholine rings is 1. The fraction of sp³-hybridized carbons (Fsp3) is 0.500. The molecule has 2 N–H and O–H groups in total. The van der Waals surface area contributed by atoms with E-state index in [1.54, 1.807) is 0 Å². The lowest BCUT2D eigenvalue weighted by Crippen LogP contribution is -3.15. The minimum atomic E-state index is 0.0686. The van der Waals surface area contributed by atoms with Crippen molar-refractivity contribution in [1.82, 2.24) is 5.32 Å². The second-order valence-corrected chi connectivity index (χ2v) is 4.74. The monoisotopic (exact) mass is 249 g/mol. The number of rotatable bonds is 4. The van der Waals surface area contributed by atoms with Crippen molar-refractivity contribution in [3.05, 3.63) is 35.9 Å². The molecule has 4 heteroatoms. The van der Waals surface area contributed by atoms with E-state index in [2.05, 4.69) is 5.32 Å². The average molecular weight is 249 g/mol. The zero-order chi connectivity index (χ0) is 12.8. The van der Waals surface area contributed by atoms with Gasteiger partial charge in [0.1, 0.15) is 13.1 Å². The summed E-state index contributed by atoms with van der Waals surface area (Å²) in [6.45, 7) is 5.93. The van der Waals surface area contributed by atoms with Crippen molar-refractivity contribution < 1.29 is 14.4 Å². The summed E-state index contributed by atoms with van der Waals surface area (Å²) in [4.78, 5) is 13.2. The van der Waals surface area contributed by atoms with E-state index in [0.717, 1.165) is 31.9 Å². The first-order chi connectivity index (χ1) is 8.75. The maximum absolute atomic E-state index is 11.9. The molecule has 4 nitrogen and oxygen atoms in total. The Labute approximate surface area is 108 Å². The first-order valence-corrected chi connectivity index (χ1v) is 6.51. The average Bonchev–Trinajstić information content (AvgIpc) is 2.40. The lowest BCUT2D eigenvalue weighted by molar-refractivity contribution is -0.900. The Morgan fingerprint density at radius 3 is 2.67 bits per heavy atom. The molecule has 98 valence electrons. The van der Waals surface area contributed by atoms with E-state index in [0.29, 0.717) is 6.54 Å². The van der Waals surface area contributed by atoms with E-state index in [1.807, 2.05) is 37.3 Å². The molecule has 1 fully saturated rings. The molecule has 1 heterocycles. The first kappa shape index (κ1) is 13.1. The van der Waals surface area contributed by atoms with Crippen LogP contribution >= 0.6 is 0 Å². The highest BCUT2D eigenvalue weighted by atomic mass is 16.5. The molecule has 0 spiro atoms. The van der Waals surface area contributed by atoms with Gasteiger partial charge in [0.25, 0.3) is 5.91 Å². The summed E-state index contributed by atoms with van der Waals surface area (Å²) < 4.78 is 5.28. The molecule has 1 saturated heterocycles. The summed E-state index contributed by atoms with van der Waals surface area (Å²) in [6, 6.07) is 10.1. The third kappa shape index (κ3) is 3.82. The Hall–Kier alpha value is -1.39. The minimum Gasteiger partial charge on any atom is -0.370 e. The van der Waals surface area contributed by atoms with Crippen LogP contribution in [0.1, 0.15) is 18.5 Å². The number of hydrogen-bond acceptors (Lipinski definition) is 2. The molecular weight excluding hydrogens is 228 g/mol. The largest absolute Gasteiger partial charge is 0.370 e. The van der Waals surface area contributed by atoms with Gasteiger partial charge in [0, 0.05) is 0 Å². The molecule has 1 aliphatic rings. The zero-order valence-electron chi connectivity index (χ0n) is 10.8. The number of nitrogens with one attached hydrogen (secondary N) is 2. The molecule has 1 aromatic rings. The highest BCUT2D eigenvalue weighted by molar-refractivity contribution is 5.77. The Kier molecular flexibility index (Phi) is 4.73. The Bertz CT molecular complexity index is 375. The van der Waals surface area contributed by atoms with E-state index in [4.69, 9.17) is 4.74 Å². The topological polar surface area (TPSA) is 42.8 Å². The fourth-order valence-electron chi connectivity index (χ4n) is 2.18. The van der Waals surface area contributed by atoms with Crippen LogP contribution in [0.15, 0.2) is 30.3 Å². The van der Waals surface area contributed by atoms with Crippen LogP contribution in [-0.2, 0) is 9.53 Å². The second kappa shape index (κ2) is 6.52. The number of hydrogen-bond donors (Lipinski definition) is 2. The third-order valence-electron chi connectivity index (χ3n) is 3.29. The molecule has 0 bridgehead atoms. The molecule has 0 aromatic heterocycles. The summed E-state index contributed by atoms with van der Waals surface area (Å²) >= 11 is 0. The van der Waals surface area contributed by atoms with Gasteiger partial charge in [0.15, 0.2) is 6.54 Å². The molecule has 1 atom stereocenters. The van der Waals surface area contributed by atoms with Gasteiger partial charge in [-0.05, 0) is 12.5 Å². The summed E-state index contributed by atoms with van der Waals surface area (Å²) in [5, 5.41) is 3.04. The lowest BCUT2D eigenvalue weighted by Gasteiger charge is -2.24. The molecule has 1 aromatic carbocycles. The third-order valence-corrected chi connectivity index (χ3v) is 3.29. The summed E-state index contributed by atoms with van der Waals surface area (Å²) in [7, 11) is 0. The molecule has 18 heavy (non-hydrogen) atoms. The molecular formula is C14H21N2O2+. The van der Waals surface area contributed by atoms with Crippen LogP contribution in [0.3, 0.4) is 0 Å². The van der Waals surface area contributed by atoms with Crippen LogP contribution in [0, 0.1) is 0 Å². The fourth-order valence-corrected chi connectivity index (χ4v) is 2.18. The molecule has 1 amide bonds. The van der Waals surface area contributed by atoms with Crippen LogP contribution in [-0.4, -0.2) is 38.8 Å². The highest BCUT2D eigenvalue weighted by Crippen LogP contribution is 2.10. The Morgan fingerprint density at radius 1 is 1.33 bits per heavy atom. The number of carbonyl (C=O) groups is 1. The van der Waals surface area contributed by atoms with E-state index >= 15 is 0 Å². The zero-order valence-corrected chi connectivity index (χ0v) is 10.8. The van der Waals surface area contributed by atoms with Gasteiger partial charge in [-0.25, -0.2) is 0 Å². The van der Waals surface area contributed by atoms with Crippen LogP contribution in [0.2, 0.25) is 0 Å². The molecule has 0 saturated carbocycles. The van der Waals surface area contributed by atoms with Gasteiger partial charge in [0.05, 0.1) is 19.3 Å². The number of quaternary nitrogens is 1. The number of ether oxygens (including phenoxy) is 1. The molecule has 2 rings (SSSR count). The summed E-state index contributed by atoms with van der Waals surface area (Å²) in [5.74, 6) is 0.114.